The van der Waals surface area contributed by atoms with Crippen LogP contribution >= 0.6 is 0 Å². The van der Waals surface area contributed by atoms with Crippen molar-refractivity contribution in [3.63, 3.8) is 0 Å². The fourth-order valence-electron chi connectivity index (χ4n) is 10.2. The van der Waals surface area contributed by atoms with E-state index in [2.05, 4.69) is 72.8 Å². The summed E-state index contributed by atoms with van der Waals surface area (Å²) in [4.78, 5) is 0. The Bertz CT molecular complexity index is 3150. The van der Waals surface area contributed by atoms with Gasteiger partial charge in [0, 0.05) is 11.8 Å². The van der Waals surface area contributed by atoms with Gasteiger partial charge in [-0.3, -0.25) is 0 Å². The predicted molar refractivity (Wildman–Crippen MR) is 262 cm³/mol. The van der Waals surface area contributed by atoms with Crippen molar-refractivity contribution in [2.45, 2.75) is 11.8 Å². The first-order valence-electron chi connectivity index (χ1n) is 22.0. The third-order valence-corrected chi connectivity index (χ3v) is 13.5. The van der Waals surface area contributed by atoms with Crippen LogP contribution in [0.2, 0.25) is 0 Å². The summed E-state index contributed by atoms with van der Waals surface area (Å²) >= 11 is 0. The molecule has 0 radical (unpaired) electrons. The standard InChI is InChI=1S/C62H32N6/c63-31-37-1-13-43(14-2-37)49-25-55-56(26-50(49)44-15-3-38(32-64)4-16-44)62-59-29-53(47-21-9-41(35-67)10-22-47)51(45-17-5-39(33-65)6-18-45)27-57(59)61(55)58-28-52(46-19-7-40(34-66)8-20-46)54(30-60(58)62)48-23-11-42(36-68)12-24-48/h1-30,61-62H. The molecule has 0 saturated carbocycles. The van der Waals surface area contributed by atoms with Crippen molar-refractivity contribution in [2.24, 2.45) is 0 Å². The van der Waals surface area contributed by atoms with E-state index in [1.54, 1.807) is 0 Å². The molecule has 9 aromatic rings. The van der Waals surface area contributed by atoms with Crippen LogP contribution in [0, 0.1) is 68.0 Å². The van der Waals surface area contributed by atoms with Gasteiger partial charge in [0.05, 0.1) is 69.8 Å². The van der Waals surface area contributed by atoms with Crippen LogP contribution in [-0.2, 0) is 0 Å². The smallest absolute Gasteiger partial charge is 0.0991 e. The third kappa shape index (κ3) is 6.76. The number of hydrogen-bond acceptors (Lipinski definition) is 6. The van der Waals surface area contributed by atoms with Crippen LogP contribution in [0.3, 0.4) is 0 Å². The van der Waals surface area contributed by atoms with Gasteiger partial charge in [0.15, 0.2) is 0 Å². The molecule has 0 unspecified atom stereocenters. The van der Waals surface area contributed by atoms with E-state index in [1.807, 2.05) is 146 Å². The van der Waals surface area contributed by atoms with E-state index in [-0.39, 0.29) is 11.8 Å². The van der Waals surface area contributed by atoms with Crippen LogP contribution in [0.4, 0.5) is 0 Å². The zero-order chi connectivity index (χ0) is 46.5. The molecule has 0 N–H and O–H groups in total. The van der Waals surface area contributed by atoms with Crippen molar-refractivity contribution in [3.8, 4) is 103 Å². The average Bonchev–Trinajstić information content (AvgIpc) is 3.42. The SMILES string of the molecule is N#Cc1ccc(-c2cc3c(cc2-c2ccc(C#N)cc2)C2c4cc(-c5ccc(C#N)cc5)c(-c5ccc(C#N)cc5)cc4C3c3cc(-c4ccc(C#N)cc4)c(-c4ccc(C#N)cc4)cc32)cc1. The van der Waals surface area contributed by atoms with Crippen LogP contribution in [-0.4, -0.2) is 0 Å². The molecule has 12 rings (SSSR count). The molecular weight excluding hydrogens is 829 g/mol. The lowest BCUT2D eigenvalue weighted by atomic mass is 9.59. The summed E-state index contributed by atoms with van der Waals surface area (Å²) in [5.41, 5.74) is 22.0. The second kappa shape index (κ2) is 16.5. The van der Waals surface area contributed by atoms with Crippen LogP contribution in [0.15, 0.2) is 182 Å². The molecule has 310 valence electrons. The van der Waals surface area contributed by atoms with E-state index in [0.717, 1.165) is 100 Å². The van der Waals surface area contributed by atoms with Gasteiger partial charge in [-0.15, -0.1) is 0 Å². The minimum atomic E-state index is -0.244. The van der Waals surface area contributed by atoms with Crippen LogP contribution in [0.1, 0.15) is 78.6 Å². The van der Waals surface area contributed by atoms with Gasteiger partial charge in [-0.2, -0.15) is 31.6 Å². The Kier molecular flexibility index (Phi) is 9.86. The van der Waals surface area contributed by atoms with Gasteiger partial charge in [0.25, 0.3) is 0 Å². The van der Waals surface area contributed by atoms with Gasteiger partial charge in [0.2, 0.25) is 0 Å². The molecule has 0 heterocycles. The van der Waals surface area contributed by atoms with Gasteiger partial charge < -0.3 is 0 Å². The molecule has 6 nitrogen and oxygen atoms in total. The summed E-state index contributed by atoms with van der Waals surface area (Å²) < 4.78 is 0. The lowest BCUT2D eigenvalue weighted by Crippen LogP contribution is -2.28. The van der Waals surface area contributed by atoms with E-state index >= 15 is 0 Å². The van der Waals surface area contributed by atoms with E-state index in [9.17, 15) is 31.6 Å². The molecular formula is C62H32N6. The van der Waals surface area contributed by atoms with E-state index in [4.69, 9.17) is 0 Å². The minimum absolute atomic E-state index is 0.244. The molecule has 2 bridgehead atoms. The predicted octanol–water partition coefficient (Wildman–Crippen LogP) is 13.9. The molecule has 6 heteroatoms. The molecule has 68 heavy (non-hydrogen) atoms. The van der Waals surface area contributed by atoms with Crippen LogP contribution < -0.4 is 0 Å². The first-order chi connectivity index (χ1) is 33.4. The highest BCUT2D eigenvalue weighted by molar-refractivity contribution is 5.93. The number of rotatable bonds is 6. The van der Waals surface area contributed by atoms with E-state index in [0.29, 0.717) is 33.4 Å². The maximum atomic E-state index is 9.76. The highest BCUT2D eigenvalue weighted by Crippen LogP contribution is 2.60. The highest BCUT2D eigenvalue weighted by atomic mass is 14.5. The molecule has 0 aromatic heterocycles. The third-order valence-electron chi connectivity index (χ3n) is 13.5. The number of benzene rings is 9. The second-order valence-electron chi connectivity index (χ2n) is 17.1. The first-order valence-corrected chi connectivity index (χ1v) is 22.0. The van der Waals surface area contributed by atoms with Crippen LogP contribution in [0.25, 0.3) is 66.8 Å². The van der Waals surface area contributed by atoms with Gasteiger partial charge in [-0.1, -0.05) is 72.8 Å². The Balaban J connectivity index is 1.24. The maximum Gasteiger partial charge on any atom is 0.0991 e. The lowest BCUT2D eigenvalue weighted by molar-refractivity contribution is 0.756. The normalized spacial score (nSPS) is 13.5. The number of hydrogen-bond donors (Lipinski definition) is 0. The molecule has 0 amide bonds. The molecule has 0 aliphatic heterocycles. The summed E-state index contributed by atoms with van der Waals surface area (Å²) in [6, 6.07) is 73.6. The van der Waals surface area contributed by atoms with Crippen molar-refractivity contribution in [1.82, 2.24) is 0 Å². The van der Waals surface area contributed by atoms with Crippen molar-refractivity contribution >= 4 is 0 Å². The molecule has 3 aliphatic carbocycles. The molecule has 0 fully saturated rings. The maximum absolute atomic E-state index is 9.76. The lowest BCUT2D eigenvalue weighted by Gasteiger charge is -2.44. The molecule has 0 atom stereocenters. The summed E-state index contributed by atoms with van der Waals surface area (Å²) in [7, 11) is 0. The summed E-state index contributed by atoms with van der Waals surface area (Å²) in [5.74, 6) is -0.488. The summed E-state index contributed by atoms with van der Waals surface area (Å²) in [5, 5.41) is 58.6. The van der Waals surface area contributed by atoms with Gasteiger partial charge >= 0.3 is 0 Å². The summed E-state index contributed by atoms with van der Waals surface area (Å²) in [6.07, 6.45) is 0. The van der Waals surface area contributed by atoms with E-state index < -0.39 is 0 Å². The largest absolute Gasteiger partial charge is 0.192 e. The quantitative estimate of drug-likeness (QED) is 0.163. The van der Waals surface area contributed by atoms with Gasteiger partial charge in [-0.25, -0.2) is 0 Å². The fraction of sp³-hybridized carbons (Fsp3) is 0.0323. The summed E-state index contributed by atoms with van der Waals surface area (Å²) in [6.45, 7) is 0. The minimum Gasteiger partial charge on any atom is -0.192 e. The molecule has 3 aliphatic rings. The molecule has 0 saturated heterocycles. The Labute approximate surface area is 393 Å². The molecule has 0 spiro atoms. The highest BCUT2D eigenvalue weighted by Gasteiger charge is 2.43. The Hall–Kier alpha value is -10.1. The first kappa shape index (κ1) is 40.7. The topological polar surface area (TPSA) is 143 Å². The molecule has 9 aromatic carbocycles. The average molecular weight is 861 g/mol. The number of nitriles is 6. The second-order valence-corrected chi connectivity index (χ2v) is 17.1. The van der Waals surface area contributed by atoms with Gasteiger partial charge in [-0.05, 0) is 209 Å². The Morgan fingerprint density at radius 2 is 0.338 bits per heavy atom. The zero-order valence-electron chi connectivity index (χ0n) is 36.2. The van der Waals surface area contributed by atoms with Crippen molar-refractivity contribution in [1.29, 1.82) is 31.6 Å². The number of nitrogens with zero attached hydrogens (tertiary/aromatic N) is 6. The van der Waals surface area contributed by atoms with E-state index in [1.165, 1.54) is 0 Å². The van der Waals surface area contributed by atoms with Crippen molar-refractivity contribution < 1.29 is 0 Å². The van der Waals surface area contributed by atoms with Crippen molar-refractivity contribution in [3.05, 3.63) is 249 Å². The van der Waals surface area contributed by atoms with Crippen LogP contribution in [0.5, 0.6) is 0 Å². The Morgan fingerprint density at radius 1 is 0.206 bits per heavy atom. The van der Waals surface area contributed by atoms with Crippen molar-refractivity contribution in [2.75, 3.05) is 0 Å². The monoisotopic (exact) mass is 860 g/mol. The fourth-order valence-corrected chi connectivity index (χ4v) is 10.2. The zero-order valence-corrected chi connectivity index (χ0v) is 36.2. The van der Waals surface area contributed by atoms with Gasteiger partial charge in [0.1, 0.15) is 0 Å². The Morgan fingerprint density at radius 3 is 0.456 bits per heavy atom.